The van der Waals surface area contributed by atoms with Gasteiger partial charge in [-0.3, -0.25) is 0 Å². The number of nitrogens with zero attached hydrogens (tertiary/aromatic N) is 3. The van der Waals surface area contributed by atoms with Crippen molar-refractivity contribution >= 4 is 40.4 Å². The summed E-state index contributed by atoms with van der Waals surface area (Å²) in [4.78, 5) is 11.0. The van der Waals surface area contributed by atoms with Crippen LogP contribution in [0.1, 0.15) is 0 Å². The van der Waals surface area contributed by atoms with Gasteiger partial charge in [-0.1, -0.05) is 23.2 Å². The Labute approximate surface area is 143 Å². The van der Waals surface area contributed by atoms with Gasteiger partial charge in [0.05, 0.1) is 10.7 Å². The second-order valence-corrected chi connectivity index (χ2v) is 6.66. The van der Waals surface area contributed by atoms with E-state index in [1.807, 2.05) is 48.6 Å². The van der Waals surface area contributed by atoms with Gasteiger partial charge in [0.25, 0.3) is 0 Å². The maximum atomic E-state index is 6.25. The fraction of sp³-hybridized carbons (Fsp3) is 0.125. The number of anilines is 1. The van der Waals surface area contributed by atoms with Crippen LogP contribution in [0.25, 0.3) is 21.8 Å². The monoisotopic (exact) mass is 349 g/mol. The van der Waals surface area contributed by atoms with Crippen molar-refractivity contribution in [3.63, 3.8) is 0 Å². The molecule has 0 aliphatic heterocycles. The van der Waals surface area contributed by atoms with E-state index in [1.54, 1.807) is 23.6 Å². The molecule has 2 aromatic heterocycles. The van der Waals surface area contributed by atoms with E-state index in [4.69, 9.17) is 23.2 Å². The van der Waals surface area contributed by atoms with Gasteiger partial charge in [0.2, 0.25) is 0 Å². The zero-order valence-corrected chi connectivity index (χ0v) is 14.4. The molecule has 1 aromatic carbocycles. The molecule has 3 nitrogen and oxygen atoms in total. The van der Waals surface area contributed by atoms with E-state index in [-0.39, 0.29) is 0 Å². The summed E-state index contributed by atoms with van der Waals surface area (Å²) in [5.41, 5.74) is 2.78. The molecular formula is C16H13Cl2N3S. The van der Waals surface area contributed by atoms with E-state index >= 15 is 0 Å². The maximum absolute atomic E-state index is 6.25. The summed E-state index contributed by atoms with van der Waals surface area (Å²) in [6.45, 7) is 0. The molecule has 0 radical (unpaired) electrons. The first-order valence-electron chi connectivity index (χ1n) is 6.59. The van der Waals surface area contributed by atoms with Crippen molar-refractivity contribution in [2.75, 3.05) is 19.0 Å². The van der Waals surface area contributed by atoms with Crippen molar-refractivity contribution in [1.29, 1.82) is 0 Å². The predicted molar refractivity (Wildman–Crippen MR) is 95.1 cm³/mol. The van der Waals surface area contributed by atoms with Crippen molar-refractivity contribution in [3.05, 3.63) is 52.0 Å². The third-order valence-corrected chi connectivity index (χ3v) is 4.60. The molecule has 0 aliphatic rings. The summed E-state index contributed by atoms with van der Waals surface area (Å²) in [6, 6.07) is 9.42. The van der Waals surface area contributed by atoms with Gasteiger partial charge in [0.1, 0.15) is 10.8 Å². The molecule has 0 unspecified atom stereocenters. The Morgan fingerprint density at radius 1 is 1.09 bits per heavy atom. The average Bonchev–Trinajstić information content (AvgIpc) is 2.97. The quantitative estimate of drug-likeness (QED) is 0.646. The highest BCUT2D eigenvalue weighted by molar-refractivity contribution is 7.13. The lowest BCUT2D eigenvalue weighted by Gasteiger charge is -2.11. The number of benzene rings is 1. The minimum Gasteiger partial charge on any atom is -0.363 e. The van der Waals surface area contributed by atoms with Crippen LogP contribution in [0.4, 0.5) is 5.82 Å². The zero-order valence-electron chi connectivity index (χ0n) is 12.0. The van der Waals surface area contributed by atoms with E-state index in [2.05, 4.69) is 9.97 Å². The molecule has 0 N–H and O–H groups in total. The second kappa shape index (κ2) is 6.24. The molecule has 112 valence electrons. The van der Waals surface area contributed by atoms with Gasteiger partial charge in [0, 0.05) is 41.8 Å². The molecule has 0 amide bonds. The first kappa shape index (κ1) is 15.3. The highest BCUT2D eigenvalue weighted by Crippen LogP contribution is 2.34. The first-order chi connectivity index (χ1) is 10.5. The minimum absolute atomic E-state index is 0.605. The molecule has 6 heteroatoms. The first-order valence-corrected chi connectivity index (χ1v) is 8.23. The third-order valence-electron chi connectivity index (χ3n) is 3.16. The molecular weight excluding hydrogens is 337 g/mol. The van der Waals surface area contributed by atoms with Gasteiger partial charge < -0.3 is 4.90 Å². The average molecular weight is 350 g/mol. The molecule has 0 bridgehead atoms. The Morgan fingerprint density at radius 3 is 2.64 bits per heavy atom. The van der Waals surface area contributed by atoms with Crippen molar-refractivity contribution < 1.29 is 0 Å². The van der Waals surface area contributed by atoms with Crippen LogP contribution in [0.5, 0.6) is 0 Å². The molecule has 22 heavy (non-hydrogen) atoms. The van der Waals surface area contributed by atoms with E-state index in [0.717, 1.165) is 27.6 Å². The number of hydrogen-bond donors (Lipinski definition) is 0. The lowest BCUT2D eigenvalue weighted by atomic mass is 10.2. The topological polar surface area (TPSA) is 29.0 Å². The minimum atomic E-state index is 0.605. The van der Waals surface area contributed by atoms with Gasteiger partial charge in [-0.2, -0.15) is 0 Å². The number of halogens is 2. The van der Waals surface area contributed by atoms with Crippen LogP contribution in [-0.2, 0) is 0 Å². The van der Waals surface area contributed by atoms with Gasteiger partial charge in [-0.15, -0.1) is 11.3 Å². The molecule has 0 atom stereocenters. The van der Waals surface area contributed by atoms with E-state index in [9.17, 15) is 0 Å². The summed E-state index contributed by atoms with van der Waals surface area (Å²) in [5.74, 6) is 0.902. The number of rotatable bonds is 3. The SMILES string of the molecule is CN(C)c1cc(-c2nc(-c3ccc(Cl)cc3Cl)cs2)ccn1. The highest BCUT2D eigenvalue weighted by Gasteiger charge is 2.11. The summed E-state index contributed by atoms with van der Waals surface area (Å²) in [6.07, 6.45) is 1.79. The molecule has 3 rings (SSSR count). The van der Waals surface area contributed by atoms with Crippen LogP contribution >= 0.6 is 34.5 Å². The van der Waals surface area contributed by atoms with Crippen molar-refractivity contribution in [3.8, 4) is 21.8 Å². The summed E-state index contributed by atoms with van der Waals surface area (Å²) >= 11 is 13.8. The third kappa shape index (κ3) is 3.09. The molecule has 0 saturated carbocycles. The standard InChI is InChI=1S/C16H13Cl2N3S/c1-21(2)15-7-10(5-6-19-15)16-20-14(9-22-16)12-4-3-11(17)8-13(12)18/h3-9H,1-2H3. The Balaban J connectivity index is 1.98. The van der Waals surface area contributed by atoms with E-state index < -0.39 is 0 Å². The second-order valence-electron chi connectivity index (χ2n) is 4.96. The molecule has 0 fully saturated rings. The van der Waals surface area contributed by atoms with E-state index in [1.165, 1.54) is 0 Å². The Hall–Kier alpha value is -1.62. The highest BCUT2D eigenvalue weighted by atomic mass is 35.5. The summed E-state index contributed by atoms with van der Waals surface area (Å²) in [7, 11) is 3.93. The fourth-order valence-corrected chi connectivity index (χ4v) is 3.35. The molecule has 2 heterocycles. The lowest BCUT2D eigenvalue weighted by Crippen LogP contribution is -2.10. The van der Waals surface area contributed by atoms with Gasteiger partial charge >= 0.3 is 0 Å². The Morgan fingerprint density at radius 2 is 1.91 bits per heavy atom. The van der Waals surface area contributed by atoms with Crippen LogP contribution in [0, 0.1) is 0 Å². The molecule has 0 aliphatic carbocycles. The normalized spacial score (nSPS) is 10.7. The number of aromatic nitrogens is 2. The fourth-order valence-electron chi connectivity index (χ4n) is 2.02. The maximum Gasteiger partial charge on any atom is 0.128 e. The predicted octanol–water partition coefficient (Wildman–Crippen LogP) is 5.24. The van der Waals surface area contributed by atoms with Crippen molar-refractivity contribution in [2.45, 2.75) is 0 Å². The number of thiazole rings is 1. The van der Waals surface area contributed by atoms with E-state index in [0.29, 0.717) is 10.0 Å². The Bertz CT molecular complexity index is 815. The summed E-state index contributed by atoms with van der Waals surface area (Å²) in [5, 5.41) is 4.16. The lowest BCUT2D eigenvalue weighted by molar-refractivity contribution is 1.07. The summed E-state index contributed by atoms with van der Waals surface area (Å²) < 4.78 is 0. The zero-order chi connectivity index (χ0) is 15.7. The van der Waals surface area contributed by atoms with Gasteiger partial charge in [0.15, 0.2) is 0 Å². The van der Waals surface area contributed by atoms with Crippen molar-refractivity contribution in [1.82, 2.24) is 9.97 Å². The van der Waals surface area contributed by atoms with Crippen LogP contribution < -0.4 is 4.90 Å². The molecule has 0 saturated heterocycles. The van der Waals surface area contributed by atoms with Crippen LogP contribution in [-0.4, -0.2) is 24.1 Å². The Kier molecular flexibility index (Phi) is 4.34. The number of pyridine rings is 1. The van der Waals surface area contributed by atoms with Crippen LogP contribution in [0.3, 0.4) is 0 Å². The number of hydrogen-bond acceptors (Lipinski definition) is 4. The van der Waals surface area contributed by atoms with Gasteiger partial charge in [-0.05, 0) is 30.3 Å². The van der Waals surface area contributed by atoms with Crippen LogP contribution in [0.15, 0.2) is 41.9 Å². The van der Waals surface area contributed by atoms with Crippen molar-refractivity contribution in [2.24, 2.45) is 0 Å². The van der Waals surface area contributed by atoms with Crippen LogP contribution in [0.2, 0.25) is 10.0 Å². The smallest absolute Gasteiger partial charge is 0.128 e. The van der Waals surface area contributed by atoms with Gasteiger partial charge in [-0.25, -0.2) is 9.97 Å². The molecule has 0 spiro atoms. The molecule has 3 aromatic rings. The largest absolute Gasteiger partial charge is 0.363 e.